The van der Waals surface area contributed by atoms with Gasteiger partial charge in [-0.05, 0) is 50.9 Å². The highest BCUT2D eigenvalue weighted by Gasteiger charge is 2.22. The maximum absolute atomic E-state index is 15.0. The topological polar surface area (TPSA) is 63.6 Å². The zero-order valence-corrected chi connectivity index (χ0v) is 20.3. The van der Waals surface area contributed by atoms with E-state index in [1.807, 2.05) is 19.1 Å². The van der Waals surface area contributed by atoms with Gasteiger partial charge in [-0.1, -0.05) is 26.4 Å². The van der Waals surface area contributed by atoms with E-state index in [1.165, 1.54) is 12.1 Å². The Morgan fingerprint density at radius 3 is 2.52 bits per heavy atom. The first-order valence-electron chi connectivity index (χ1n) is 10.5. The summed E-state index contributed by atoms with van der Waals surface area (Å²) in [7, 11) is -0.362. The zero-order valence-electron chi connectivity index (χ0n) is 18.7. The molecular weight excluding hydrogens is 463 g/mol. The Morgan fingerprint density at radius 1 is 1.09 bits per heavy atom. The van der Waals surface area contributed by atoms with Gasteiger partial charge < -0.3 is 5.32 Å². The van der Waals surface area contributed by atoms with Crippen molar-refractivity contribution in [3.8, 4) is 11.3 Å². The van der Waals surface area contributed by atoms with Crippen molar-refractivity contribution in [1.29, 1.82) is 0 Å². The molecule has 1 unspecified atom stereocenters. The number of hydrogen-bond acceptors (Lipinski definition) is 5. The van der Waals surface area contributed by atoms with Crippen LogP contribution in [0.1, 0.15) is 30.8 Å². The van der Waals surface area contributed by atoms with Crippen molar-refractivity contribution >= 4 is 41.7 Å². The van der Waals surface area contributed by atoms with Gasteiger partial charge in [0.25, 0.3) is 0 Å². The maximum atomic E-state index is 15.0. The van der Waals surface area contributed by atoms with E-state index in [-0.39, 0.29) is 19.3 Å². The highest BCUT2D eigenvalue weighted by atomic mass is 35.5. The molecule has 4 heterocycles. The monoisotopic (exact) mass is 485 g/mol. The second-order valence-electron chi connectivity index (χ2n) is 7.85. The van der Waals surface area contributed by atoms with Crippen LogP contribution >= 0.6 is 19.5 Å². The number of aromatic nitrogens is 4. The molecule has 0 saturated carbocycles. The number of rotatable bonds is 6. The van der Waals surface area contributed by atoms with Crippen molar-refractivity contribution in [3.63, 3.8) is 0 Å². The molecule has 4 aromatic rings. The SMILES string of the molecule is CCC(Nc1c(Cl)c(C)nc2cc(F)c(-c3ccc(P(C)C)nc3)nc12)c1ncccc1F. The van der Waals surface area contributed by atoms with Gasteiger partial charge in [0.2, 0.25) is 0 Å². The van der Waals surface area contributed by atoms with Crippen molar-refractivity contribution in [1.82, 2.24) is 19.9 Å². The second-order valence-corrected chi connectivity index (χ2v) is 10.5. The average Bonchev–Trinajstić information content (AvgIpc) is 2.80. The summed E-state index contributed by atoms with van der Waals surface area (Å²) < 4.78 is 29.5. The average molecular weight is 486 g/mol. The summed E-state index contributed by atoms with van der Waals surface area (Å²) in [5.74, 6) is -0.920. The third-order valence-corrected chi connectivity index (χ3v) is 6.98. The van der Waals surface area contributed by atoms with E-state index in [1.54, 1.807) is 25.4 Å². The van der Waals surface area contributed by atoms with Crippen molar-refractivity contribution < 1.29 is 8.78 Å². The lowest BCUT2D eigenvalue weighted by Crippen LogP contribution is -2.15. The molecule has 0 saturated heterocycles. The summed E-state index contributed by atoms with van der Waals surface area (Å²) in [5.41, 5.74) is 3.69. The van der Waals surface area contributed by atoms with Crippen LogP contribution < -0.4 is 10.8 Å². The van der Waals surface area contributed by atoms with Gasteiger partial charge in [0, 0.05) is 24.0 Å². The molecule has 1 N–H and O–H groups in total. The highest BCUT2D eigenvalue weighted by Crippen LogP contribution is 2.37. The smallest absolute Gasteiger partial charge is 0.151 e. The molecule has 0 radical (unpaired) electrons. The second kappa shape index (κ2) is 9.62. The summed E-state index contributed by atoms with van der Waals surface area (Å²) >= 11 is 6.61. The lowest BCUT2D eigenvalue weighted by atomic mass is 10.1. The fourth-order valence-corrected chi connectivity index (χ4v) is 4.43. The number of aryl methyl sites for hydroxylation is 1. The van der Waals surface area contributed by atoms with Gasteiger partial charge in [0.15, 0.2) is 5.82 Å². The van der Waals surface area contributed by atoms with Crippen LogP contribution in [0.5, 0.6) is 0 Å². The number of nitrogens with zero attached hydrogens (tertiary/aromatic N) is 4. The minimum atomic E-state index is -0.504. The first-order valence-corrected chi connectivity index (χ1v) is 13.1. The third-order valence-electron chi connectivity index (χ3n) is 5.34. The van der Waals surface area contributed by atoms with Crippen molar-refractivity contribution in [3.05, 3.63) is 70.8 Å². The molecule has 0 aromatic carbocycles. The van der Waals surface area contributed by atoms with E-state index in [0.29, 0.717) is 39.4 Å². The Balaban J connectivity index is 1.86. The molecule has 9 heteroatoms. The number of anilines is 1. The van der Waals surface area contributed by atoms with E-state index in [2.05, 4.69) is 38.6 Å². The lowest BCUT2D eigenvalue weighted by molar-refractivity contribution is 0.572. The minimum absolute atomic E-state index is 0.153. The summed E-state index contributed by atoms with van der Waals surface area (Å²) in [5, 5.41) is 3.63. The fraction of sp³-hybridized carbons (Fsp3) is 0.250. The number of fused-ring (bicyclic) bond motifs is 1. The van der Waals surface area contributed by atoms with Crippen LogP contribution in [0.25, 0.3) is 22.3 Å². The molecule has 0 aliphatic heterocycles. The van der Waals surface area contributed by atoms with Crippen LogP contribution in [0.4, 0.5) is 14.5 Å². The first-order chi connectivity index (χ1) is 15.8. The van der Waals surface area contributed by atoms with E-state index in [0.717, 1.165) is 5.44 Å². The molecule has 4 aromatic heterocycles. The van der Waals surface area contributed by atoms with Crippen LogP contribution in [0.2, 0.25) is 5.02 Å². The van der Waals surface area contributed by atoms with Gasteiger partial charge in [-0.3, -0.25) is 9.97 Å². The molecular formula is C24H23ClF2N5P. The Bertz CT molecular complexity index is 1310. The van der Waals surface area contributed by atoms with Gasteiger partial charge in [0.1, 0.15) is 17.0 Å². The maximum Gasteiger partial charge on any atom is 0.151 e. The molecule has 0 amide bonds. The third kappa shape index (κ3) is 4.66. The van der Waals surface area contributed by atoms with Crippen LogP contribution in [0.15, 0.2) is 42.7 Å². The van der Waals surface area contributed by atoms with Gasteiger partial charge in [-0.25, -0.2) is 18.7 Å². The van der Waals surface area contributed by atoms with Crippen molar-refractivity contribution in [2.24, 2.45) is 0 Å². The summed E-state index contributed by atoms with van der Waals surface area (Å²) in [4.78, 5) is 17.7. The van der Waals surface area contributed by atoms with Gasteiger partial charge >= 0.3 is 0 Å². The van der Waals surface area contributed by atoms with Gasteiger partial charge in [-0.15, -0.1) is 0 Å². The Kier molecular flexibility index (Phi) is 6.82. The summed E-state index contributed by atoms with van der Waals surface area (Å²) in [6.07, 6.45) is 3.72. The molecule has 0 fully saturated rings. The largest absolute Gasteiger partial charge is 0.373 e. The minimum Gasteiger partial charge on any atom is -0.373 e. The van der Waals surface area contributed by atoms with Crippen molar-refractivity contribution in [2.75, 3.05) is 18.6 Å². The van der Waals surface area contributed by atoms with E-state index in [9.17, 15) is 4.39 Å². The number of hydrogen-bond donors (Lipinski definition) is 1. The van der Waals surface area contributed by atoms with E-state index >= 15 is 4.39 Å². The molecule has 33 heavy (non-hydrogen) atoms. The fourth-order valence-electron chi connectivity index (χ4n) is 3.58. The molecule has 170 valence electrons. The highest BCUT2D eigenvalue weighted by molar-refractivity contribution is 7.63. The Morgan fingerprint density at radius 2 is 1.88 bits per heavy atom. The normalized spacial score (nSPS) is 12.4. The summed E-state index contributed by atoms with van der Waals surface area (Å²) in [6, 6.07) is 7.50. The van der Waals surface area contributed by atoms with Crippen LogP contribution in [-0.4, -0.2) is 33.3 Å². The molecule has 0 aliphatic carbocycles. The predicted octanol–water partition coefficient (Wildman–Crippen LogP) is 6.26. The molecule has 5 nitrogen and oxygen atoms in total. The molecule has 4 rings (SSSR count). The van der Waals surface area contributed by atoms with Gasteiger partial charge in [0.05, 0.1) is 39.1 Å². The Labute approximate surface area is 197 Å². The molecule has 0 aliphatic rings. The molecule has 0 spiro atoms. The Hall–Kier alpha value is -2.76. The summed E-state index contributed by atoms with van der Waals surface area (Å²) in [6.45, 7) is 7.86. The van der Waals surface area contributed by atoms with Gasteiger partial charge in [-0.2, -0.15) is 0 Å². The van der Waals surface area contributed by atoms with Crippen LogP contribution in [0, 0.1) is 18.6 Å². The number of nitrogens with one attached hydrogen (secondary N) is 1. The lowest BCUT2D eigenvalue weighted by Gasteiger charge is -2.21. The van der Waals surface area contributed by atoms with Crippen molar-refractivity contribution in [2.45, 2.75) is 26.3 Å². The van der Waals surface area contributed by atoms with E-state index in [4.69, 9.17) is 11.6 Å². The van der Waals surface area contributed by atoms with E-state index < -0.39 is 17.7 Å². The quantitative estimate of drug-likeness (QED) is 0.327. The first kappa shape index (κ1) is 23.4. The number of pyridine rings is 4. The molecule has 1 atom stereocenters. The zero-order chi connectivity index (χ0) is 23.7. The molecule has 0 bridgehead atoms. The number of halogens is 3. The van der Waals surface area contributed by atoms with Crippen LogP contribution in [-0.2, 0) is 0 Å². The standard InChI is InChI=1S/C24H23ClF2N5P/c1-5-17(22-15(26)7-6-10-28-22)31-24-20(25)13(2)30-18-11-16(27)21(32-23(18)24)14-8-9-19(29-12-14)33(3)4/h6-12,17H,5H2,1-4H3,(H,30,31). The van der Waals surface area contributed by atoms with Crippen LogP contribution in [0.3, 0.4) is 0 Å². The predicted molar refractivity (Wildman–Crippen MR) is 132 cm³/mol.